The van der Waals surface area contributed by atoms with Gasteiger partial charge in [0, 0.05) is 5.02 Å². The van der Waals surface area contributed by atoms with E-state index >= 15 is 0 Å². The molecule has 0 unspecified atom stereocenters. The molecule has 1 aromatic heterocycles. The predicted octanol–water partition coefficient (Wildman–Crippen LogP) is 2.96. The Bertz CT molecular complexity index is 548. The number of nitrogens with one attached hydrogen (secondary N) is 1. The molecule has 0 fully saturated rings. The van der Waals surface area contributed by atoms with Gasteiger partial charge < -0.3 is 14.8 Å². The summed E-state index contributed by atoms with van der Waals surface area (Å²) in [4.78, 5) is 10.9. The maximum absolute atomic E-state index is 10.9. The molecule has 0 atom stereocenters. The van der Waals surface area contributed by atoms with E-state index in [0.717, 1.165) is 18.0 Å². The van der Waals surface area contributed by atoms with Crippen molar-refractivity contribution >= 4 is 17.6 Å². The minimum absolute atomic E-state index is 0.207. The van der Waals surface area contributed by atoms with E-state index in [0.29, 0.717) is 12.3 Å². The molecular weight excluding hydrogens is 266 g/mol. The first-order chi connectivity index (χ1) is 9.16. The molecule has 0 radical (unpaired) electrons. The highest BCUT2D eigenvalue weighted by Crippen LogP contribution is 2.11. The van der Waals surface area contributed by atoms with E-state index in [1.165, 1.54) is 17.9 Å². The third kappa shape index (κ3) is 3.84. The molecule has 0 amide bonds. The van der Waals surface area contributed by atoms with Crippen LogP contribution < -0.4 is 5.32 Å². The number of furan rings is 1. The Morgan fingerprint density at radius 1 is 1.26 bits per heavy atom. The number of benzene rings is 1. The summed E-state index contributed by atoms with van der Waals surface area (Å²) in [6.45, 7) is 1.14. The summed E-state index contributed by atoms with van der Waals surface area (Å²) in [6.07, 6.45) is 2.24. The normalized spacial score (nSPS) is 10.6. The smallest absolute Gasteiger partial charge is 0.339 e. The lowest BCUT2D eigenvalue weighted by molar-refractivity contribution is 0.0694. The van der Waals surface area contributed by atoms with Crippen molar-refractivity contribution in [3.05, 3.63) is 58.5 Å². The minimum atomic E-state index is -0.969. The van der Waals surface area contributed by atoms with Crippen LogP contribution in [0.25, 0.3) is 0 Å². The van der Waals surface area contributed by atoms with Crippen LogP contribution in [0, 0.1) is 0 Å². The number of halogens is 1. The van der Waals surface area contributed by atoms with Gasteiger partial charge in [0.2, 0.25) is 0 Å². The van der Waals surface area contributed by atoms with Crippen LogP contribution >= 0.6 is 11.6 Å². The van der Waals surface area contributed by atoms with Crippen LogP contribution in [0.3, 0.4) is 0 Å². The highest BCUT2D eigenvalue weighted by atomic mass is 35.5. The molecule has 4 nitrogen and oxygen atoms in total. The van der Waals surface area contributed by atoms with Crippen molar-refractivity contribution < 1.29 is 14.3 Å². The van der Waals surface area contributed by atoms with Gasteiger partial charge in [-0.3, -0.25) is 0 Å². The largest absolute Gasteiger partial charge is 0.478 e. The molecule has 19 heavy (non-hydrogen) atoms. The Labute approximate surface area is 116 Å². The third-order valence-electron chi connectivity index (χ3n) is 2.77. The monoisotopic (exact) mass is 279 g/mol. The third-order valence-corrected chi connectivity index (χ3v) is 3.02. The maximum Gasteiger partial charge on any atom is 0.339 e. The Hall–Kier alpha value is -1.78. The Morgan fingerprint density at radius 2 is 2.00 bits per heavy atom. The van der Waals surface area contributed by atoms with E-state index in [1.807, 2.05) is 24.3 Å². The summed E-state index contributed by atoms with van der Waals surface area (Å²) in [5.41, 5.74) is 1.38. The first kappa shape index (κ1) is 13.6. The van der Waals surface area contributed by atoms with Crippen LogP contribution in [-0.4, -0.2) is 17.6 Å². The van der Waals surface area contributed by atoms with E-state index in [4.69, 9.17) is 21.1 Å². The molecule has 5 heteroatoms. The number of rotatable bonds is 6. The summed E-state index contributed by atoms with van der Waals surface area (Å²) in [5.74, 6) is -0.521. The molecule has 2 aromatic rings. The summed E-state index contributed by atoms with van der Waals surface area (Å²) >= 11 is 5.80. The molecule has 0 bridgehead atoms. The van der Waals surface area contributed by atoms with Gasteiger partial charge in [-0.1, -0.05) is 23.7 Å². The van der Waals surface area contributed by atoms with Crippen LogP contribution in [0.2, 0.25) is 5.02 Å². The SMILES string of the molecule is O=C(O)c1ccoc1CNCCc1ccc(Cl)cc1. The number of carbonyl (C=O) groups is 1. The second-order valence-electron chi connectivity index (χ2n) is 4.12. The number of carboxylic acid groups (broad SMARTS) is 1. The number of carboxylic acids is 1. The van der Waals surface area contributed by atoms with E-state index < -0.39 is 5.97 Å². The van der Waals surface area contributed by atoms with Gasteiger partial charge in [-0.15, -0.1) is 0 Å². The first-order valence-corrected chi connectivity index (χ1v) is 6.29. The summed E-state index contributed by atoms with van der Waals surface area (Å²) < 4.78 is 5.13. The zero-order chi connectivity index (χ0) is 13.7. The van der Waals surface area contributed by atoms with E-state index in [1.54, 1.807) is 0 Å². The molecule has 100 valence electrons. The van der Waals surface area contributed by atoms with Gasteiger partial charge in [0.05, 0.1) is 12.8 Å². The van der Waals surface area contributed by atoms with Gasteiger partial charge in [0.1, 0.15) is 11.3 Å². The lowest BCUT2D eigenvalue weighted by Crippen LogP contribution is -2.17. The highest BCUT2D eigenvalue weighted by molar-refractivity contribution is 6.30. The molecule has 0 aliphatic heterocycles. The molecule has 2 N–H and O–H groups in total. The van der Waals surface area contributed by atoms with Gasteiger partial charge in [0.25, 0.3) is 0 Å². The molecule has 0 saturated carbocycles. The topological polar surface area (TPSA) is 62.5 Å². The zero-order valence-electron chi connectivity index (χ0n) is 10.2. The Kier molecular flexibility index (Phi) is 4.60. The molecule has 2 rings (SSSR count). The predicted molar refractivity (Wildman–Crippen MR) is 72.5 cm³/mol. The fourth-order valence-corrected chi connectivity index (χ4v) is 1.88. The van der Waals surface area contributed by atoms with E-state index in [-0.39, 0.29) is 5.56 Å². The van der Waals surface area contributed by atoms with E-state index in [2.05, 4.69) is 5.32 Å². The van der Waals surface area contributed by atoms with Crippen molar-refractivity contribution in [1.82, 2.24) is 5.32 Å². The van der Waals surface area contributed by atoms with E-state index in [9.17, 15) is 4.79 Å². The van der Waals surface area contributed by atoms with Crippen LogP contribution in [-0.2, 0) is 13.0 Å². The molecule has 0 spiro atoms. The average molecular weight is 280 g/mol. The molecule has 0 saturated heterocycles. The zero-order valence-corrected chi connectivity index (χ0v) is 11.0. The summed E-state index contributed by atoms with van der Waals surface area (Å²) in [5, 5.41) is 12.8. The summed E-state index contributed by atoms with van der Waals surface area (Å²) in [6, 6.07) is 9.11. The quantitative estimate of drug-likeness (QED) is 0.798. The molecule has 0 aliphatic rings. The van der Waals surface area contributed by atoms with Crippen LogP contribution in [0.15, 0.2) is 41.0 Å². The van der Waals surface area contributed by atoms with Gasteiger partial charge in [0.15, 0.2) is 0 Å². The maximum atomic E-state index is 10.9. The Balaban J connectivity index is 1.79. The fraction of sp³-hybridized carbons (Fsp3) is 0.214. The van der Waals surface area contributed by atoms with Crippen LogP contribution in [0.1, 0.15) is 21.7 Å². The standard InChI is InChI=1S/C14H14ClNO3/c15-11-3-1-10(2-4-11)5-7-16-9-13-12(14(17)18)6-8-19-13/h1-4,6,8,16H,5,7,9H2,(H,17,18). The number of aromatic carboxylic acids is 1. The van der Waals surface area contributed by atoms with Crippen molar-refractivity contribution in [1.29, 1.82) is 0 Å². The molecule has 1 heterocycles. The van der Waals surface area contributed by atoms with Crippen molar-refractivity contribution in [3.8, 4) is 0 Å². The number of hydrogen-bond acceptors (Lipinski definition) is 3. The van der Waals surface area contributed by atoms with Crippen molar-refractivity contribution in [2.45, 2.75) is 13.0 Å². The second kappa shape index (κ2) is 6.41. The summed E-state index contributed by atoms with van der Waals surface area (Å²) in [7, 11) is 0. The fourth-order valence-electron chi connectivity index (χ4n) is 1.75. The van der Waals surface area contributed by atoms with Gasteiger partial charge in [-0.2, -0.15) is 0 Å². The molecular formula is C14H14ClNO3. The molecule has 0 aliphatic carbocycles. The highest BCUT2D eigenvalue weighted by Gasteiger charge is 2.12. The Morgan fingerprint density at radius 3 is 2.68 bits per heavy atom. The lowest BCUT2D eigenvalue weighted by Gasteiger charge is -2.04. The van der Waals surface area contributed by atoms with Crippen molar-refractivity contribution in [3.63, 3.8) is 0 Å². The second-order valence-corrected chi connectivity index (χ2v) is 4.55. The van der Waals surface area contributed by atoms with Gasteiger partial charge in [-0.25, -0.2) is 4.79 Å². The minimum Gasteiger partial charge on any atom is -0.478 e. The lowest BCUT2D eigenvalue weighted by atomic mass is 10.1. The average Bonchev–Trinajstić information content (AvgIpc) is 2.85. The van der Waals surface area contributed by atoms with Crippen LogP contribution in [0.5, 0.6) is 0 Å². The van der Waals surface area contributed by atoms with Gasteiger partial charge >= 0.3 is 5.97 Å². The molecule has 1 aromatic carbocycles. The first-order valence-electron chi connectivity index (χ1n) is 5.91. The van der Waals surface area contributed by atoms with Crippen LogP contribution in [0.4, 0.5) is 0 Å². The van der Waals surface area contributed by atoms with Crippen molar-refractivity contribution in [2.24, 2.45) is 0 Å². The number of hydrogen-bond donors (Lipinski definition) is 2. The van der Waals surface area contributed by atoms with Gasteiger partial charge in [-0.05, 0) is 36.7 Å². The van der Waals surface area contributed by atoms with Crippen molar-refractivity contribution in [2.75, 3.05) is 6.54 Å².